The number of hydrogen-bond donors (Lipinski definition) is 1. The highest BCUT2D eigenvalue weighted by molar-refractivity contribution is 5.86. The van der Waals surface area contributed by atoms with Gasteiger partial charge in [-0.05, 0) is 19.3 Å². The van der Waals surface area contributed by atoms with Crippen LogP contribution < -0.4 is 5.73 Å². The lowest BCUT2D eigenvalue weighted by atomic mass is 9.89. The second-order valence-corrected chi connectivity index (χ2v) is 4.28. The molecule has 0 unspecified atom stereocenters. The van der Waals surface area contributed by atoms with Crippen LogP contribution in [0.5, 0.6) is 0 Å². The van der Waals surface area contributed by atoms with Crippen LogP contribution in [0.4, 0.5) is 0 Å². The monoisotopic (exact) mass is 210 g/mol. The first kappa shape index (κ1) is 10.6. The summed E-state index contributed by atoms with van der Waals surface area (Å²) in [7, 11) is 0. The van der Waals surface area contributed by atoms with Gasteiger partial charge in [-0.3, -0.25) is 4.79 Å². The number of nitrogens with zero attached hydrogens (tertiary/aromatic N) is 1. The summed E-state index contributed by atoms with van der Waals surface area (Å²) in [6, 6.07) is 0. The van der Waals surface area contributed by atoms with Crippen molar-refractivity contribution in [3.63, 3.8) is 0 Å². The molecule has 15 heavy (non-hydrogen) atoms. The third-order valence-electron chi connectivity index (χ3n) is 3.16. The van der Waals surface area contributed by atoms with Gasteiger partial charge in [0, 0.05) is 26.3 Å². The second-order valence-electron chi connectivity index (χ2n) is 4.28. The molecule has 84 valence electrons. The zero-order valence-electron chi connectivity index (χ0n) is 8.95. The Kier molecular flexibility index (Phi) is 3.07. The van der Waals surface area contributed by atoms with E-state index in [-0.39, 0.29) is 5.91 Å². The highest BCUT2D eigenvalue weighted by Gasteiger charge is 2.38. The van der Waals surface area contributed by atoms with Gasteiger partial charge < -0.3 is 15.4 Å². The van der Waals surface area contributed by atoms with E-state index in [2.05, 4.69) is 6.08 Å². The number of rotatable bonds is 1. The normalized spacial score (nSPS) is 25.3. The maximum absolute atomic E-state index is 12.2. The van der Waals surface area contributed by atoms with Crippen LogP contribution in [0.3, 0.4) is 0 Å². The largest absolute Gasteiger partial charge is 0.381 e. The molecule has 2 N–H and O–H groups in total. The first-order chi connectivity index (χ1) is 7.22. The van der Waals surface area contributed by atoms with Crippen LogP contribution in [0.1, 0.15) is 19.3 Å². The number of ether oxygens (including phenoxy) is 1. The Labute approximate surface area is 90.1 Å². The van der Waals surface area contributed by atoms with Gasteiger partial charge in [0.15, 0.2) is 0 Å². The van der Waals surface area contributed by atoms with E-state index in [1.807, 2.05) is 11.0 Å². The van der Waals surface area contributed by atoms with E-state index in [1.54, 1.807) is 0 Å². The molecule has 4 heteroatoms. The van der Waals surface area contributed by atoms with Gasteiger partial charge in [0.25, 0.3) is 0 Å². The van der Waals surface area contributed by atoms with Crippen LogP contribution in [-0.4, -0.2) is 42.6 Å². The number of carbonyl (C=O) groups is 1. The SMILES string of the molecule is NC1(C(=O)N2CC=CCC2)CCOCC1. The molecule has 0 aromatic rings. The molecule has 2 aliphatic heterocycles. The van der Waals surface area contributed by atoms with Crippen LogP contribution in [0.25, 0.3) is 0 Å². The highest BCUT2D eigenvalue weighted by atomic mass is 16.5. The summed E-state index contributed by atoms with van der Waals surface area (Å²) in [5.74, 6) is 0.0927. The topological polar surface area (TPSA) is 55.6 Å². The van der Waals surface area contributed by atoms with Crippen molar-refractivity contribution in [2.45, 2.75) is 24.8 Å². The Morgan fingerprint density at radius 3 is 2.67 bits per heavy atom. The highest BCUT2D eigenvalue weighted by Crippen LogP contribution is 2.21. The minimum atomic E-state index is -0.677. The maximum Gasteiger partial charge on any atom is 0.243 e. The first-order valence-corrected chi connectivity index (χ1v) is 5.53. The number of nitrogens with two attached hydrogens (primary N) is 1. The van der Waals surface area contributed by atoms with Gasteiger partial charge in [-0.1, -0.05) is 12.2 Å². The molecule has 0 aromatic carbocycles. The number of amides is 1. The van der Waals surface area contributed by atoms with Crippen molar-refractivity contribution < 1.29 is 9.53 Å². The third-order valence-corrected chi connectivity index (χ3v) is 3.16. The minimum Gasteiger partial charge on any atom is -0.381 e. The lowest BCUT2D eigenvalue weighted by molar-refractivity contribution is -0.140. The van der Waals surface area contributed by atoms with E-state index in [0.717, 1.165) is 13.0 Å². The molecule has 0 aliphatic carbocycles. The predicted octanol–water partition coefficient (Wildman–Crippen LogP) is 0.283. The molecule has 2 rings (SSSR count). The van der Waals surface area contributed by atoms with E-state index >= 15 is 0 Å². The second kappa shape index (κ2) is 4.33. The average Bonchev–Trinajstić information content (AvgIpc) is 2.30. The number of hydrogen-bond acceptors (Lipinski definition) is 3. The third kappa shape index (κ3) is 2.21. The van der Waals surface area contributed by atoms with E-state index in [1.165, 1.54) is 0 Å². The standard InChI is InChI=1S/C11H18N2O2/c12-11(4-8-15-9-5-11)10(14)13-6-2-1-3-7-13/h1-2H,3-9,12H2. The van der Waals surface area contributed by atoms with Crippen LogP contribution in [0.2, 0.25) is 0 Å². The van der Waals surface area contributed by atoms with Gasteiger partial charge in [-0.25, -0.2) is 0 Å². The van der Waals surface area contributed by atoms with Crippen LogP contribution in [0, 0.1) is 0 Å². The van der Waals surface area contributed by atoms with Crippen molar-refractivity contribution in [3.8, 4) is 0 Å². The molecule has 2 heterocycles. The van der Waals surface area contributed by atoms with Crippen molar-refractivity contribution in [3.05, 3.63) is 12.2 Å². The van der Waals surface area contributed by atoms with Gasteiger partial charge in [0.2, 0.25) is 5.91 Å². The zero-order chi connectivity index (χ0) is 10.7. The van der Waals surface area contributed by atoms with Gasteiger partial charge >= 0.3 is 0 Å². The van der Waals surface area contributed by atoms with Crippen molar-refractivity contribution in [2.75, 3.05) is 26.3 Å². The molecule has 0 atom stereocenters. The Morgan fingerprint density at radius 2 is 2.07 bits per heavy atom. The molecule has 1 fully saturated rings. The van der Waals surface area contributed by atoms with Crippen LogP contribution in [-0.2, 0) is 9.53 Å². The Hall–Kier alpha value is -0.870. The summed E-state index contributed by atoms with van der Waals surface area (Å²) in [4.78, 5) is 14.0. The van der Waals surface area contributed by atoms with Gasteiger partial charge in [-0.2, -0.15) is 0 Å². The summed E-state index contributed by atoms with van der Waals surface area (Å²) in [5.41, 5.74) is 5.46. The van der Waals surface area contributed by atoms with Crippen LogP contribution >= 0.6 is 0 Å². The van der Waals surface area contributed by atoms with E-state index < -0.39 is 5.54 Å². The predicted molar refractivity (Wildman–Crippen MR) is 57.3 cm³/mol. The van der Waals surface area contributed by atoms with E-state index in [4.69, 9.17) is 10.5 Å². The Balaban J connectivity index is 2.01. The minimum absolute atomic E-state index is 0.0927. The molecular formula is C11H18N2O2. The summed E-state index contributed by atoms with van der Waals surface area (Å²) in [6.45, 7) is 2.71. The fourth-order valence-electron chi connectivity index (χ4n) is 2.09. The van der Waals surface area contributed by atoms with Crippen molar-refractivity contribution in [1.29, 1.82) is 0 Å². The lowest BCUT2D eigenvalue weighted by Gasteiger charge is -2.37. The first-order valence-electron chi connectivity index (χ1n) is 5.53. The molecule has 1 amide bonds. The lowest BCUT2D eigenvalue weighted by Crippen LogP contribution is -2.58. The Morgan fingerprint density at radius 1 is 1.33 bits per heavy atom. The molecule has 0 bridgehead atoms. The molecule has 0 spiro atoms. The van der Waals surface area contributed by atoms with E-state index in [0.29, 0.717) is 32.6 Å². The fourth-order valence-corrected chi connectivity index (χ4v) is 2.09. The fraction of sp³-hybridized carbons (Fsp3) is 0.727. The zero-order valence-corrected chi connectivity index (χ0v) is 8.95. The van der Waals surface area contributed by atoms with Gasteiger partial charge in [0.05, 0.1) is 5.54 Å². The van der Waals surface area contributed by atoms with E-state index in [9.17, 15) is 4.79 Å². The molecule has 4 nitrogen and oxygen atoms in total. The van der Waals surface area contributed by atoms with Gasteiger partial charge in [-0.15, -0.1) is 0 Å². The summed E-state index contributed by atoms with van der Waals surface area (Å²) >= 11 is 0. The van der Waals surface area contributed by atoms with Crippen LogP contribution in [0.15, 0.2) is 12.2 Å². The molecule has 0 radical (unpaired) electrons. The molecule has 1 saturated heterocycles. The van der Waals surface area contributed by atoms with Crippen molar-refractivity contribution in [2.24, 2.45) is 5.73 Å². The summed E-state index contributed by atoms with van der Waals surface area (Å²) in [6.07, 6.45) is 6.37. The number of carbonyl (C=O) groups excluding carboxylic acids is 1. The summed E-state index contributed by atoms with van der Waals surface area (Å²) < 4.78 is 5.24. The maximum atomic E-state index is 12.2. The van der Waals surface area contributed by atoms with Gasteiger partial charge in [0.1, 0.15) is 0 Å². The average molecular weight is 210 g/mol. The Bertz CT molecular complexity index is 270. The molecule has 0 saturated carbocycles. The van der Waals surface area contributed by atoms with Crippen molar-refractivity contribution >= 4 is 5.91 Å². The molecule has 2 aliphatic rings. The quantitative estimate of drug-likeness (QED) is 0.633. The molecular weight excluding hydrogens is 192 g/mol. The smallest absolute Gasteiger partial charge is 0.243 e. The molecule has 0 aromatic heterocycles. The summed E-state index contributed by atoms with van der Waals surface area (Å²) in [5, 5.41) is 0. The van der Waals surface area contributed by atoms with Crippen molar-refractivity contribution in [1.82, 2.24) is 4.90 Å².